The van der Waals surface area contributed by atoms with Crippen LogP contribution >= 0.6 is 11.3 Å². The number of carbonyl (C=O) groups excluding carboxylic acids is 3. The zero-order valence-electron chi connectivity index (χ0n) is 26.4. The summed E-state index contributed by atoms with van der Waals surface area (Å²) >= 11 is 0.938. The van der Waals surface area contributed by atoms with Crippen LogP contribution in [0.3, 0.4) is 0 Å². The first-order valence-corrected chi connectivity index (χ1v) is 16.1. The lowest BCUT2D eigenvalue weighted by molar-refractivity contribution is -0.132. The van der Waals surface area contributed by atoms with Crippen LogP contribution in [0, 0.1) is 6.92 Å². The Morgan fingerprint density at radius 1 is 0.933 bits per heavy atom. The summed E-state index contributed by atoms with van der Waals surface area (Å²) in [6.07, 6.45) is 4.88. The van der Waals surface area contributed by atoms with Gasteiger partial charge in [-0.25, -0.2) is 9.78 Å². The second-order valence-electron chi connectivity index (χ2n) is 10.5. The molecule has 3 aromatic rings. The molecule has 1 saturated heterocycles. The smallest absolute Gasteiger partial charge is 0.350 e. The number of ether oxygens (including phenoxy) is 4. The molecule has 0 bridgehead atoms. The van der Waals surface area contributed by atoms with Gasteiger partial charge < -0.3 is 24.1 Å². The van der Waals surface area contributed by atoms with Gasteiger partial charge in [0.15, 0.2) is 16.6 Å². The van der Waals surface area contributed by atoms with Crippen molar-refractivity contribution in [3.8, 4) is 17.2 Å². The Hall–Kier alpha value is -4.38. The second kappa shape index (κ2) is 15.6. The number of aryl methyl sites for hydroxylation is 1. The summed E-state index contributed by atoms with van der Waals surface area (Å²) in [5.41, 5.74) is 1.07. The number of thiazole rings is 1. The van der Waals surface area contributed by atoms with Crippen LogP contribution in [-0.2, 0) is 14.3 Å². The van der Waals surface area contributed by atoms with Crippen molar-refractivity contribution < 1.29 is 38.4 Å². The van der Waals surface area contributed by atoms with Crippen LogP contribution in [-0.4, -0.2) is 54.7 Å². The number of unbranched alkanes of at least 4 members (excludes halogenated alkanes) is 3. The van der Waals surface area contributed by atoms with Gasteiger partial charge in [-0.3, -0.25) is 14.5 Å². The van der Waals surface area contributed by atoms with Crippen LogP contribution in [0.15, 0.2) is 48.0 Å². The molecule has 1 fully saturated rings. The zero-order valence-corrected chi connectivity index (χ0v) is 27.2. The molecule has 10 nitrogen and oxygen atoms in total. The molecule has 2 aromatic carbocycles. The average molecular weight is 637 g/mol. The number of nitrogens with zero attached hydrogens (tertiary/aromatic N) is 2. The maximum atomic E-state index is 13.7. The molecule has 0 radical (unpaired) electrons. The largest absolute Gasteiger partial charge is 0.507 e. The number of rotatable bonds is 15. The molecule has 1 unspecified atom stereocenters. The fourth-order valence-electron chi connectivity index (χ4n) is 4.93. The molecule has 2 heterocycles. The number of anilines is 1. The van der Waals surface area contributed by atoms with Gasteiger partial charge in [-0.2, -0.15) is 0 Å². The van der Waals surface area contributed by atoms with Crippen molar-refractivity contribution in [2.24, 2.45) is 0 Å². The lowest BCUT2D eigenvalue weighted by atomic mass is 9.95. The van der Waals surface area contributed by atoms with E-state index in [9.17, 15) is 19.5 Å². The van der Waals surface area contributed by atoms with E-state index >= 15 is 0 Å². The molecular weight excluding hydrogens is 596 g/mol. The highest BCUT2D eigenvalue weighted by atomic mass is 32.1. The minimum atomic E-state index is -1.07. The molecule has 1 aromatic heterocycles. The van der Waals surface area contributed by atoms with Gasteiger partial charge in [0.2, 0.25) is 0 Å². The SMILES string of the molecule is CCCCCOc1ccc(C2C(=C(O)c3ccc(OCCCC)cc3)C(=O)C(=O)N2c2nc(C)c(C(=O)OC)s2)cc1OCC. The summed E-state index contributed by atoms with van der Waals surface area (Å²) in [7, 11) is 1.26. The Bertz CT molecular complexity index is 1550. The van der Waals surface area contributed by atoms with Gasteiger partial charge in [0.25, 0.3) is 5.78 Å². The molecule has 0 spiro atoms. The maximum absolute atomic E-state index is 13.7. The van der Waals surface area contributed by atoms with Crippen molar-refractivity contribution in [3.63, 3.8) is 0 Å². The number of hydrogen-bond acceptors (Lipinski definition) is 10. The third-order valence-electron chi connectivity index (χ3n) is 7.29. The number of aliphatic hydroxyl groups is 1. The number of amides is 1. The fraction of sp³-hybridized carbons (Fsp3) is 0.412. The molecule has 1 aliphatic rings. The Kier molecular flexibility index (Phi) is 11.6. The van der Waals surface area contributed by atoms with Gasteiger partial charge in [-0.1, -0.05) is 50.5 Å². The van der Waals surface area contributed by atoms with E-state index in [0.717, 1.165) is 43.4 Å². The molecule has 1 aliphatic heterocycles. The quantitative estimate of drug-likeness (QED) is 0.0617. The molecule has 0 aliphatic carbocycles. The highest BCUT2D eigenvalue weighted by molar-refractivity contribution is 7.17. The average Bonchev–Trinajstić information content (AvgIpc) is 3.55. The van der Waals surface area contributed by atoms with Crippen molar-refractivity contribution in [2.45, 2.75) is 65.8 Å². The topological polar surface area (TPSA) is 124 Å². The van der Waals surface area contributed by atoms with Crippen molar-refractivity contribution >= 4 is 39.9 Å². The maximum Gasteiger partial charge on any atom is 0.350 e. The summed E-state index contributed by atoms with van der Waals surface area (Å²) in [6, 6.07) is 10.8. The van der Waals surface area contributed by atoms with Gasteiger partial charge in [-0.15, -0.1) is 0 Å². The minimum Gasteiger partial charge on any atom is -0.507 e. The molecule has 45 heavy (non-hydrogen) atoms. The number of esters is 1. The number of aromatic nitrogens is 1. The molecule has 1 N–H and O–H groups in total. The van der Waals surface area contributed by atoms with Gasteiger partial charge in [0.05, 0.1) is 44.2 Å². The third kappa shape index (κ3) is 7.47. The van der Waals surface area contributed by atoms with E-state index in [1.54, 1.807) is 49.4 Å². The van der Waals surface area contributed by atoms with E-state index in [1.165, 1.54) is 12.0 Å². The van der Waals surface area contributed by atoms with Crippen molar-refractivity contribution in [1.82, 2.24) is 4.98 Å². The van der Waals surface area contributed by atoms with Crippen LogP contribution in [0.25, 0.3) is 5.76 Å². The van der Waals surface area contributed by atoms with Gasteiger partial charge in [-0.05, 0) is 68.7 Å². The predicted octanol–water partition coefficient (Wildman–Crippen LogP) is 7.01. The standard InChI is InChI=1S/C34H40N2O8S/c1-6-9-11-19-44-25-17-14-23(20-26(25)42-8-3)28-27(29(37)22-12-15-24(16-13-22)43-18-10-7-2)30(38)32(39)36(28)34-35-21(4)31(45-34)33(40)41-5/h12-17,20,28,37H,6-11,18-19H2,1-5H3. The third-order valence-corrected chi connectivity index (χ3v) is 8.43. The van der Waals surface area contributed by atoms with Crippen LogP contribution in [0.2, 0.25) is 0 Å². The first-order valence-electron chi connectivity index (χ1n) is 15.2. The molecule has 11 heteroatoms. The van der Waals surface area contributed by atoms with E-state index in [0.29, 0.717) is 53.9 Å². The van der Waals surface area contributed by atoms with Gasteiger partial charge in [0.1, 0.15) is 16.4 Å². The van der Waals surface area contributed by atoms with Gasteiger partial charge in [0, 0.05) is 5.56 Å². The van der Waals surface area contributed by atoms with E-state index in [-0.39, 0.29) is 21.3 Å². The first kappa shape index (κ1) is 33.5. The summed E-state index contributed by atoms with van der Waals surface area (Å²) < 4.78 is 22.5. The van der Waals surface area contributed by atoms with Crippen LogP contribution in [0.5, 0.6) is 17.2 Å². The highest BCUT2D eigenvalue weighted by Crippen LogP contribution is 2.45. The molecule has 0 saturated carbocycles. The lowest BCUT2D eigenvalue weighted by Crippen LogP contribution is -2.29. The van der Waals surface area contributed by atoms with Crippen LogP contribution in [0.4, 0.5) is 5.13 Å². The van der Waals surface area contributed by atoms with Gasteiger partial charge >= 0.3 is 11.9 Å². The first-order chi connectivity index (χ1) is 21.7. The van der Waals surface area contributed by atoms with Crippen molar-refractivity contribution in [2.75, 3.05) is 31.8 Å². The normalized spacial score (nSPS) is 15.8. The number of benzene rings is 2. The second-order valence-corrected chi connectivity index (χ2v) is 11.5. The van der Waals surface area contributed by atoms with Crippen molar-refractivity contribution in [3.05, 3.63) is 69.7 Å². The fourth-order valence-corrected chi connectivity index (χ4v) is 5.94. The molecular formula is C34H40N2O8S. The number of Topliss-reactive ketones (excluding diaryl/α,β-unsaturated/α-hetero) is 1. The predicted molar refractivity (Wildman–Crippen MR) is 172 cm³/mol. The molecule has 1 amide bonds. The van der Waals surface area contributed by atoms with Crippen molar-refractivity contribution in [1.29, 1.82) is 0 Å². The Labute approximate surface area is 267 Å². The Morgan fingerprint density at radius 3 is 2.31 bits per heavy atom. The Morgan fingerprint density at radius 2 is 1.64 bits per heavy atom. The summed E-state index contributed by atoms with van der Waals surface area (Å²) in [6.45, 7) is 9.10. The summed E-state index contributed by atoms with van der Waals surface area (Å²) in [5.74, 6) is -1.12. The molecule has 240 valence electrons. The zero-order chi connectivity index (χ0) is 32.5. The number of ketones is 1. The summed E-state index contributed by atoms with van der Waals surface area (Å²) in [5, 5.41) is 11.7. The van der Waals surface area contributed by atoms with E-state index in [4.69, 9.17) is 18.9 Å². The van der Waals surface area contributed by atoms with E-state index in [2.05, 4.69) is 18.8 Å². The number of methoxy groups -OCH3 is 1. The number of aliphatic hydroxyl groups excluding tert-OH is 1. The molecule has 1 atom stereocenters. The highest BCUT2D eigenvalue weighted by Gasteiger charge is 2.48. The van der Waals surface area contributed by atoms with E-state index < -0.39 is 23.7 Å². The lowest BCUT2D eigenvalue weighted by Gasteiger charge is -2.24. The number of hydrogen-bond donors (Lipinski definition) is 1. The monoisotopic (exact) mass is 636 g/mol. The minimum absolute atomic E-state index is 0.119. The molecule has 4 rings (SSSR count). The van der Waals surface area contributed by atoms with Crippen LogP contribution in [0.1, 0.15) is 85.4 Å². The van der Waals surface area contributed by atoms with Crippen LogP contribution < -0.4 is 19.1 Å². The number of carbonyl (C=O) groups is 3. The van der Waals surface area contributed by atoms with E-state index in [1.807, 2.05) is 6.92 Å². The Balaban J connectivity index is 1.83. The summed E-state index contributed by atoms with van der Waals surface area (Å²) in [4.78, 5) is 45.7.